The first-order valence-corrected chi connectivity index (χ1v) is 9.03. The van der Waals surface area contributed by atoms with Crippen LogP contribution in [-0.4, -0.2) is 32.5 Å². The number of aryl methyl sites for hydroxylation is 1. The van der Waals surface area contributed by atoms with Gasteiger partial charge in [-0.2, -0.15) is 5.10 Å². The number of carbonyl (C=O) groups excluding carboxylic acids is 1. The van der Waals surface area contributed by atoms with Gasteiger partial charge in [-0.05, 0) is 25.3 Å². The standard InChI is InChI=1S/C21H22N4O/c1-15-9-11-16(12-10-15)14-19(26)25-13-5-8-18(25)21-22-20(23-24-21)17-6-3-2-4-7-17/h2-4,6-7,9-12,18H,5,8,13-14H2,1H3,(H,22,23,24). The van der Waals surface area contributed by atoms with Crippen molar-refractivity contribution >= 4 is 5.91 Å². The fourth-order valence-corrected chi connectivity index (χ4v) is 3.47. The Hall–Kier alpha value is -2.95. The summed E-state index contributed by atoms with van der Waals surface area (Å²) >= 11 is 0. The van der Waals surface area contributed by atoms with E-state index in [4.69, 9.17) is 0 Å². The molecule has 26 heavy (non-hydrogen) atoms. The van der Waals surface area contributed by atoms with Crippen LogP contribution in [0.5, 0.6) is 0 Å². The summed E-state index contributed by atoms with van der Waals surface area (Å²) in [5, 5.41) is 7.39. The van der Waals surface area contributed by atoms with E-state index >= 15 is 0 Å². The lowest BCUT2D eigenvalue weighted by Crippen LogP contribution is -2.32. The van der Waals surface area contributed by atoms with E-state index in [1.807, 2.05) is 59.5 Å². The molecular weight excluding hydrogens is 324 g/mol. The molecule has 2 heterocycles. The highest BCUT2D eigenvalue weighted by Gasteiger charge is 2.32. The van der Waals surface area contributed by atoms with Crippen LogP contribution in [0.4, 0.5) is 0 Å². The lowest BCUT2D eigenvalue weighted by molar-refractivity contribution is -0.131. The van der Waals surface area contributed by atoms with E-state index in [0.717, 1.165) is 36.3 Å². The summed E-state index contributed by atoms with van der Waals surface area (Å²) in [5.74, 6) is 1.60. The van der Waals surface area contributed by atoms with Gasteiger partial charge in [-0.15, -0.1) is 0 Å². The minimum Gasteiger partial charge on any atom is -0.332 e. The number of benzene rings is 2. The zero-order chi connectivity index (χ0) is 17.9. The van der Waals surface area contributed by atoms with Crippen LogP contribution in [-0.2, 0) is 11.2 Å². The minimum absolute atomic E-state index is 0.0158. The maximum absolute atomic E-state index is 12.8. The number of nitrogens with zero attached hydrogens (tertiary/aromatic N) is 3. The lowest BCUT2D eigenvalue weighted by atomic mass is 10.1. The molecule has 1 saturated heterocycles. The highest BCUT2D eigenvalue weighted by molar-refractivity contribution is 5.79. The van der Waals surface area contributed by atoms with E-state index in [2.05, 4.69) is 22.1 Å². The number of carbonyl (C=O) groups is 1. The number of aromatic amines is 1. The Balaban J connectivity index is 1.50. The fourth-order valence-electron chi connectivity index (χ4n) is 3.47. The van der Waals surface area contributed by atoms with Gasteiger partial charge in [0.2, 0.25) is 5.91 Å². The molecule has 1 atom stereocenters. The predicted molar refractivity (Wildman–Crippen MR) is 100 cm³/mol. The van der Waals surface area contributed by atoms with E-state index in [9.17, 15) is 4.79 Å². The zero-order valence-corrected chi connectivity index (χ0v) is 14.9. The number of likely N-dealkylation sites (tertiary alicyclic amines) is 1. The molecule has 3 aromatic rings. The van der Waals surface area contributed by atoms with Crippen molar-refractivity contribution in [2.24, 2.45) is 0 Å². The monoisotopic (exact) mass is 346 g/mol. The Morgan fingerprint density at radius 1 is 1.15 bits per heavy atom. The molecule has 1 aromatic heterocycles. The number of hydrogen-bond donors (Lipinski definition) is 1. The Morgan fingerprint density at radius 2 is 1.92 bits per heavy atom. The van der Waals surface area contributed by atoms with Gasteiger partial charge in [0.15, 0.2) is 5.82 Å². The molecule has 5 heteroatoms. The van der Waals surface area contributed by atoms with Gasteiger partial charge in [0, 0.05) is 12.1 Å². The van der Waals surface area contributed by atoms with E-state index in [0.29, 0.717) is 12.2 Å². The maximum Gasteiger partial charge on any atom is 0.227 e. The average molecular weight is 346 g/mol. The summed E-state index contributed by atoms with van der Waals surface area (Å²) in [7, 11) is 0. The summed E-state index contributed by atoms with van der Waals surface area (Å²) < 4.78 is 0. The number of hydrogen-bond acceptors (Lipinski definition) is 3. The first-order chi connectivity index (χ1) is 12.7. The highest BCUT2D eigenvalue weighted by atomic mass is 16.2. The number of amides is 1. The Bertz CT molecular complexity index is 886. The van der Waals surface area contributed by atoms with Gasteiger partial charge in [-0.3, -0.25) is 9.89 Å². The summed E-state index contributed by atoms with van der Waals surface area (Å²) in [4.78, 5) is 19.4. The van der Waals surface area contributed by atoms with E-state index in [1.165, 1.54) is 5.56 Å². The molecule has 0 aliphatic carbocycles. The van der Waals surface area contributed by atoms with Gasteiger partial charge < -0.3 is 4.90 Å². The molecule has 0 spiro atoms. The Kier molecular flexibility index (Phi) is 4.52. The Labute approximate surface area is 153 Å². The van der Waals surface area contributed by atoms with E-state index in [1.54, 1.807) is 0 Å². The minimum atomic E-state index is -0.0158. The molecular formula is C21H22N4O. The van der Waals surface area contributed by atoms with E-state index < -0.39 is 0 Å². The van der Waals surface area contributed by atoms with Crippen molar-refractivity contribution < 1.29 is 4.79 Å². The van der Waals surface area contributed by atoms with Gasteiger partial charge in [0.05, 0.1) is 12.5 Å². The summed E-state index contributed by atoms with van der Waals surface area (Å²) in [6, 6.07) is 18.0. The van der Waals surface area contributed by atoms with Crippen LogP contribution in [0.1, 0.15) is 35.8 Å². The SMILES string of the molecule is Cc1ccc(CC(=O)N2CCCC2c2nc(-c3ccccc3)n[nH]2)cc1. The van der Waals surface area contributed by atoms with Crippen molar-refractivity contribution in [1.82, 2.24) is 20.1 Å². The van der Waals surface area contributed by atoms with E-state index in [-0.39, 0.29) is 11.9 Å². The fraction of sp³-hybridized carbons (Fsp3) is 0.286. The van der Waals surface area contributed by atoms with Crippen LogP contribution < -0.4 is 0 Å². The molecule has 1 N–H and O–H groups in total. The van der Waals surface area contributed by atoms with Crippen LogP contribution in [0, 0.1) is 6.92 Å². The summed E-state index contributed by atoms with van der Waals surface area (Å²) in [6.45, 7) is 2.83. The van der Waals surface area contributed by atoms with Crippen LogP contribution >= 0.6 is 0 Å². The highest BCUT2D eigenvalue weighted by Crippen LogP contribution is 2.31. The van der Waals surface area contributed by atoms with Crippen molar-refractivity contribution in [3.05, 3.63) is 71.5 Å². The number of nitrogens with one attached hydrogen (secondary N) is 1. The molecule has 4 rings (SSSR count). The molecule has 0 radical (unpaired) electrons. The predicted octanol–water partition coefficient (Wildman–Crippen LogP) is 3.69. The first-order valence-electron chi connectivity index (χ1n) is 9.03. The molecule has 0 bridgehead atoms. The largest absolute Gasteiger partial charge is 0.332 e. The number of rotatable bonds is 4. The second-order valence-electron chi connectivity index (χ2n) is 6.82. The third-order valence-corrected chi connectivity index (χ3v) is 4.90. The normalized spacial score (nSPS) is 16.8. The van der Waals surface area contributed by atoms with Crippen molar-refractivity contribution in [3.63, 3.8) is 0 Å². The second-order valence-corrected chi connectivity index (χ2v) is 6.82. The van der Waals surface area contributed by atoms with Crippen LogP contribution in [0.3, 0.4) is 0 Å². The molecule has 0 saturated carbocycles. The van der Waals surface area contributed by atoms with Gasteiger partial charge in [-0.25, -0.2) is 4.98 Å². The topological polar surface area (TPSA) is 61.9 Å². The van der Waals surface area contributed by atoms with Crippen LogP contribution in [0.15, 0.2) is 54.6 Å². The average Bonchev–Trinajstić information content (AvgIpc) is 3.33. The van der Waals surface area contributed by atoms with Gasteiger partial charge in [0.25, 0.3) is 0 Å². The van der Waals surface area contributed by atoms with Crippen molar-refractivity contribution in [3.8, 4) is 11.4 Å². The molecule has 2 aromatic carbocycles. The van der Waals surface area contributed by atoms with Gasteiger partial charge in [-0.1, -0.05) is 60.2 Å². The van der Waals surface area contributed by atoms with Crippen LogP contribution in [0.25, 0.3) is 11.4 Å². The molecule has 1 aliphatic heterocycles. The van der Waals surface area contributed by atoms with Crippen molar-refractivity contribution in [2.75, 3.05) is 6.54 Å². The molecule has 1 unspecified atom stereocenters. The zero-order valence-electron chi connectivity index (χ0n) is 14.9. The third-order valence-electron chi connectivity index (χ3n) is 4.90. The molecule has 1 fully saturated rings. The smallest absolute Gasteiger partial charge is 0.227 e. The number of aromatic nitrogens is 3. The van der Waals surface area contributed by atoms with Crippen LogP contribution in [0.2, 0.25) is 0 Å². The summed E-state index contributed by atoms with van der Waals surface area (Å²) in [5.41, 5.74) is 3.23. The van der Waals surface area contributed by atoms with Crippen molar-refractivity contribution in [1.29, 1.82) is 0 Å². The lowest BCUT2D eigenvalue weighted by Gasteiger charge is -2.23. The van der Waals surface area contributed by atoms with Crippen molar-refractivity contribution in [2.45, 2.75) is 32.2 Å². The Morgan fingerprint density at radius 3 is 2.69 bits per heavy atom. The van der Waals surface area contributed by atoms with Gasteiger partial charge in [0.1, 0.15) is 5.82 Å². The molecule has 1 aliphatic rings. The second kappa shape index (κ2) is 7.12. The number of H-pyrrole nitrogens is 1. The molecule has 132 valence electrons. The maximum atomic E-state index is 12.8. The summed E-state index contributed by atoms with van der Waals surface area (Å²) in [6.07, 6.45) is 2.34. The van der Waals surface area contributed by atoms with Gasteiger partial charge >= 0.3 is 0 Å². The quantitative estimate of drug-likeness (QED) is 0.784. The molecule has 5 nitrogen and oxygen atoms in total. The molecule has 1 amide bonds. The first kappa shape index (κ1) is 16.5. The third kappa shape index (κ3) is 3.38.